The Morgan fingerprint density at radius 1 is 1.04 bits per heavy atom. The molecule has 1 heterocycles. The lowest BCUT2D eigenvalue weighted by molar-refractivity contribution is -0.199. The quantitative estimate of drug-likeness (QED) is 0.563. The zero-order valence-electron chi connectivity index (χ0n) is 16.8. The van der Waals surface area contributed by atoms with Crippen molar-refractivity contribution in [3.8, 4) is 0 Å². The fourth-order valence-electron chi connectivity index (χ4n) is 3.33. The van der Waals surface area contributed by atoms with Crippen molar-refractivity contribution >= 4 is 11.9 Å². The van der Waals surface area contributed by atoms with E-state index in [2.05, 4.69) is 0 Å². The van der Waals surface area contributed by atoms with E-state index in [-0.39, 0.29) is 18.6 Å². The van der Waals surface area contributed by atoms with Gasteiger partial charge in [-0.3, -0.25) is 4.79 Å². The summed E-state index contributed by atoms with van der Waals surface area (Å²) in [6.45, 7) is 7.63. The van der Waals surface area contributed by atoms with Crippen LogP contribution in [0.2, 0.25) is 0 Å². The molecule has 3 rings (SSSR count). The van der Waals surface area contributed by atoms with E-state index in [1.165, 1.54) is 0 Å². The predicted octanol–water partition coefficient (Wildman–Crippen LogP) is 3.89. The van der Waals surface area contributed by atoms with Crippen LogP contribution in [0.15, 0.2) is 60.7 Å². The third-order valence-corrected chi connectivity index (χ3v) is 4.70. The average Bonchev–Trinajstić information content (AvgIpc) is 2.66. The molecule has 0 N–H and O–H groups in total. The molecule has 0 aliphatic carbocycles. The molecular formula is C23H27NO4. The second-order valence-corrected chi connectivity index (χ2v) is 8.03. The number of β-lactam (4-membered cyclic amide) rings is 1. The molecule has 1 saturated heterocycles. The SMILES string of the molecule is C[C@H](c1ccccc1)N1C(=O)[C@@H](OCc2ccccc2)[C@H]1C(=O)OC(C)(C)C. The van der Waals surface area contributed by atoms with Gasteiger partial charge in [-0.15, -0.1) is 0 Å². The lowest BCUT2D eigenvalue weighted by atomic mass is 9.92. The highest BCUT2D eigenvalue weighted by Gasteiger charge is 2.55. The van der Waals surface area contributed by atoms with E-state index in [0.29, 0.717) is 0 Å². The molecule has 1 fully saturated rings. The Balaban J connectivity index is 1.79. The van der Waals surface area contributed by atoms with Crippen molar-refractivity contribution in [2.24, 2.45) is 0 Å². The van der Waals surface area contributed by atoms with E-state index in [9.17, 15) is 9.59 Å². The van der Waals surface area contributed by atoms with Gasteiger partial charge < -0.3 is 14.4 Å². The number of hydrogen-bond acceptors (Lipinski definition) is 4. The van der Waals surface area contributed by atoms with Crippen molar-refractivity contribution in [1.29, 1.82) is 0 Å². The minimum absolute atomic E-state index is 0.192. The van der Waals surface area contributed by atoms with Gasteiger partial charge in [-0.2, -0.15) is 0 Å². The maximum absolute atomic E-state index is 12.9. The minimum Gasteiger partial charge on any atom is -0.458 e. The summed E-state index contributed by atoms with van der Waals surface area (Å²) in [7, 11) is 0. The molecule has 5 heteroatoms. The number of ether oxygens (including phenoxy) is 2. The molecule has 0 unspecified atom stereocenters. The van der Waals surface area contributed by atoms with Gasteiger partial charge in [-0.05, 0) is 38.8 Å². The van der Waals surface area contributed by atoms with Crippen LogP contribution >= 0.6 is 0 Å². The van der Waals surface area contributed by atoms with Gasteiger partial charge in [0.2, 0.25) is 0 Å². The molecule has 1 amide bonds. The van der Waals surface area contributed by atoms with Gasteiger partial charge in [0.15, 0.2) is 12.1 Å². The Hall–Kier alpha value is -2.66. The summed E-state index contributed by atoms with van der Waals surface area (Å²) < 4.78 is 11.4. The molecule has 5 nitrogen and oxygen atoms in total. The van der Waals surface area contributed by atoms with Crippen molar-refractivity contribution in [2.75, 3.05) is 0 Å². The number of esters is 1. The van der Waals surface area contributed by atoms with Crippen molar-refractivity contribution in [1.82, 2.24) is 4.90 Å². The lowest BCUT2D eigenvalue weighted by Gasteiger charge is -2.48. The maximum atomic E-state index is 12.9. The summed E-state index contributed by atoms with van der Waals surface area (Å²) in [5.74, 6) is -0.629. The molecule has 2 aromatic rings. The van der Waals surface area contributed by atoms with Gasteiger partial charge in [0.1, 0.15) is 5.60 Å². The van der Waals surface area contributed by atoms with E-state index in [1.807, 2.05) is 88.4 Å². The number of carbonyl (C=O) groups is 2. The first kappa shape index (κ1) is 20.1. The standard InChI is InChI=1S/C23H27NO4/c1-16(18-13-9-6-10-14-18)24-19(22(26)28-23(2,3)4)20(21(24)25)27-15-17-11-7-5-8-12-17/h5-14,16,19-20H,15H2,1-4H3/t16-,19+,20+/m1/s1. The lowest BCUT2D eigenvalue weighted by Crippen LogP contribution is -2.69. The van der Waals surface area contributed by atoms with Crippen molar-refractivity contribution in [2.45, 2.75) is 58.1 Å². The van der Waals surface area contributed by atoms with Crippen molar-refractivity contribution < 1.29 is 19.1 Å². The summed E-state index contributed by atoms with van der Waals surface area (Å²) >= 11 is 0. The third-order valence-electron chi connectivity index (χ3n) is 4.70. The molecule has 3 atom stereocenters. The first-order valence-corrected chi connectivity index (χ1v) is 9.53. The number of carbonyl (C=O) groups excluding carboxylic acids is 2. The van der Waals surface area contributed by atoms with Gasteiger partial charge >= 0.3 is 5.97 Å². The fourth-order valence-corrected chi connectivity index (χ4v) is 3.33. The zero-order chi connectivity index (χ0) is 20.3. The van der Waals surface area contributed by atoms with Crippen LogP contribution < -0.4 is 0 Å². The van der Waals surface area contributed by atoms with Gasteiger partial charge in [-0.1, -0.05) is 60.7 Å². The Labute approximate surface area is 166 Å². The maximum Gasteiger partial charge on any atom is 0.332 e. The normalized spacial score (nSPS) is 20.4. The monoisotopic (exact) mass is 381 g/mol. The average molecular weight is 381 g/mol. The highest BCUT2D eigenvalue weighted by atomic mass is 16.6. The van der Waals surface area contributed by atoms with Gasteiger partial charge in [-0.25, -0.2) is 4.79 Å². The van der Waals surface area contributed by atoms with Crippen LogP contribution in [-0.4, -0.2) is 34.5 Å². The Morgan fingerprint density at radius 2 is 1.61 bits per heavy atom. The van der Waals surface area contributed by atoms with E-state index in [4.69, 9.17) is 9.47 Å². The molecule has 148 valence electrons. The number of benzene rings is 2. The minimum atomic E-state index is -0.832. The number of nitrogens with zero attached hydrogens (tertiary/aromatic N) is 1. The molecule has 1 aliphatic rings. The third kappa shape index (κ3) is 4.42. The van der Waals surface area contributed by atoms with Crippen LogP contribution in [0.25, 0.3) is 0 Å². The molecule has 1 aliphatic heterocycles. The van der Waals surface area contributed by atoms with Crippen LogP contribution in [-0.2, 0) is 25.7 Å². The molecular weight excluding hydrogens is 354 g/mol. The molecule has 0 saturated carbocycles. The van der Waals surface area contributed by atoms with Crippen LogP contribution in [0.4, 0.5) is 0 Å². The van der Waals surface area contributed by atoms with E-state index < -0.39 is 23.7 Å². The number of rotatable bonds is 6. The largest absolute Gasteiger partial charge is 0.458 e. The molecule has 0 radical (unpaired) electrons. The predicted molar refractivity (Wildman–Crippen MR) is 106 cm³/mol. The topological polar surface area (TPSA) is 55.8 Å². The van der Waals surface area contributed by atoms with Crippen LogP contribution in [0, 0.1) is 0 Å². The number of hydrogen-bond donors (Lipinski definition) is 0. The van der Waals surface area contributed by atoms with Gasteiger partial charge in [0.05, 0.1) is 12.6 Å². The number of amides is 1. The number of likely N-dealkylation sites (tertiary alicyclic amines) is 1. The van der Waals surface area contributed by atoms with Gasteiger partial charge in [0, 0.05) is 0 Å². The first-order chi connectivity index (χ1) is 13.3. The highest BCUT2D eigenvalue weighted by Crippen LogP contribution is 2.35. The van der Waals surface area contributed by atoms with Crippen LogP contribution in [0.1, 0.15) is 44.9 Å². The smallest absolute Gasteiger partial charge is 0.332 e. The zero-order valence-corrected chi connectivity index (χ0v) is 16.8. The second kappa shape index (κ2) is 8.15. The molecule has 0 aromatic heterocycles. The Bertz CT molecular complexity index is 814. The molecule has 0 bridgehead atoms. The summed E-state index contributed by atoms with van der Waals surface area (Å²) in [5.41, 5.74) is 1.28. The van der Waals surface area contributed by atoms with E-state index in [1.54, 1.807) is 4.90 Å². The summed E-state index contributed by atoms with van der Waals surface area (Å²) in [6.07, 6.45) is -0.832. The molecule has 0 spiro atoms. The summed E-state index contributed by atoms with van der Waals surface area (Å²) in [6, 6.07) is 18.2. The van der Waals surface area contributed by atoms with E-state index in [0.717, 1.165) is 11.1 Å². The van der Waals surface area contributed by atoms with E-state index >= 15 is 0 Å². The Morgan fingerprint density at radius 3 is 2.18 bits per heavy atom. The summed E-state index contributed by atoms with van der Waals surface area (Å²) in [4.78, 5) is 27.3. The van der Waals surface area contributed by atoms with Crippen LogP contribution in [0.3, 0.4) is 0 Å². The van der Waals surface area contributed by atoms with Crippen LogP contribution in [0.5, 0.6) is 0 Å². The molecule has 28 heavy (non-hydrogen) atoms. The van der Waals surface area contributed by atoms with Crippen molar-refractivity contribution in [3.63, 3.8) is 0 Å². The van der Waals surface area contributed by atoms with Gasteiger partial charge in [0.25, 0.3) is 5.91 Å². The second-order valence-electron chi connectivity index (χ2n) is 8.03. The fraction of sp³-hybridized carbons (Fsp3) is 0.391. The van der Waals surface area contributed by atoms with Crippen molar-refractivity contribution in [3.05, 3.63) is 71.8 Å². The highest BCUT2D eigenvalue weighted by molar-refractivity contribution is 5.99. The summed E-state index contributed by atoms with van der Waals surface area (Å²) in [5, 5.41) is 0. The molecule has 2 aromatic carbocycles. The Kier molecular flexibility index (Phi) is 5.84. The first-order valence-electron chi connectivity index (χ1n) is 9.53.